The fourth-order valence-corrected chi connectivity index (χ4v) is 0.570. The average Bonchev–Trinajstić information content (AvgIpc) is 1.63. The SMILES string of the molecule is O=C(Cl)NC(Cl)C(Cl)Cl. The van der Waals surface area contributed by atoms with Crippen molar-refractivity contribution in [2.75, 3.05) is 0 Å². The van der Waals surface area contributed by atoms with Crippen molar-refractivity contribution < 1.29 is 4.79 Å². The van der Waals surface area contributed by atoms with Crippen LogP contribution < -0.4 is 5.32 Å². The summed E-state index contributed by atoms with van der Waals surface area (Å²) >= 11 is 20.7. The van der Waals surface area contributed by atoms with Crippen LogP contribution in [0.25, 0.3) is 0 Å². The highest BCUT2D eigenvalue weighted by atomic mass is 35.5. The van der Waals surface area contributed by atoms with Crippen molar-refractivity contribution >= 4 is 51.8 Å². The lowest BCUT2D eigenvalue weighted by molar-refractivity contribution is 0.259. The van der Waals surface area contributed by atoms with Crippen LogP contribution >= 0.6 is 46.4 Å². The summed E-state index contributed by atoms with van der Waals surface area (Å²) < 4.78 is 0. The summed E-state index contributed by atoms with van der Waals surface area (Å²) in [5.74, 6) is 0. The second kappa shape index (κ2) is 4.45. The molecule has 9 heavy (non-hydrogen) atoms. The number of rotatable bonds is 2. The van der Waals surface area contributed by atoms with Gasteiger partial charge in [0.2, 0.25) is 0 Å². The van der Waals surface area contributed by atoms with Crippen molar-refractivity contribution in [3.63, 3.8) is 0 Å². The Kier molecular flexibility index (Phi) is 4.76. The summed E-state index contributed by atoms with van der Waals surface area (Å²) in [5, 5.41) is 1.29. The van der Waals surface area contributed by atoms with Gasteiger partial charge in [0, 0.05) is 0 Å². The molecule has 0 fully saturated rings. The van der Waals surface area contributed by atoms with Crippen LogP contribution in [0.3, 0.4) is 0 Å². The first-order valence-corrected chi connectivity index (χ1v) is 3.61. The van der Waals surface area contributed by atoms with Crippen LogP contribution in [0, 0.1) is 0 Å². The minimum absolute atomic E-state index is 0.777. The Hall–Kier alpha value is 0.630. The zero-order valence-corrected chi connectivity index (χ0v) is 7.10. The summed E-state index contributed by atoms with van der Waals surface area (Å²) in [6, 6.07) is 0. The van der Waals surface area contributed by atoms with Crippen LogP contribution in [0.4, 0.5) is 4.79 Å². The van der Waals surface area contributed by atoms with E-state index in [1.165, 1.54) is 0 Å². The summed E-state index contributed by atoms with van der Waals surface area (Å²) in [5.41, 5.74) is -0.835. The molecule has 54 valence electrons. The Morgan fingerprint density at radius 3 is 1.89 bits per heavy atom. The summed E-state index contributed by atoms with van der Waals surface area (Å²) in [4.78, 5) is 9.16. The van der Waals surface area contributed by atoms with E-state index < -0.39 is 15.7 Å². The Bertz CT molecular complexity index is 106. The smallest absolute Gasteiger partial charge is 0.315 e. The number of hydrogen-bond donors (Lipinski definition) is 1. The molecule has 0 saturated carbocycles. The molecule has 2 nitrogen and oxygen atoms in total. The number of carbonyl (C=O) groups excluding carboxylic acids is 1. The monoisotopic (exact) mass is 209 g/mol. The lowest BCUT2D eigenvalue weighted by Gasteiger charge is -2.08. The van der Waals surface area contributed by atoms with Crippen molar-refractivity contribution in [1.82, 2.24) is 5.32 Å². The molecule has 1 unspecified atom stereocenters. The normalized spacial score (nSPS) is 13.4. The zero-order chi connectivity index (χ0) is 7.44. The van der Waals surface area contributed by atoms with Crippen LogP contribution in [-0.4, -0.2) is 15.7 Å². The molecule has 0 heterocycles. The van der Waals surface area contributed by atoms with Gasteiger partial charge in [-0.1, -0.05) is 11.6 Å². The number of halogens is 4. The molecule has 1 atom stereocenters. The number of alkyl halides is 3. The minimum Gasteiger partial charge on any atom is -0.324 e. The maximum Gasteiger partial charge on any atom is 0.315 e. The summed E-state index contributed by atoms with van der Waals surface area (Å²) in [6.45, 7) is 0. The predicted molar refractivity (Wildman–Crippen MR) is 39.5 cm³/mol. The van der Waals surface area contributed by atoms with E-state index in [1.807, 2.05) is 0 Å². The van der Waals surface area contributed by atoms with Crippen LogP contribution in [0.1, 0.15) is 0 Å². The van der Waals surface area contributed by atoms with Gasteiger partial charge in [-0.2, -0.15) is 0 Å². The van der Waals surface area contributed by atoms with Gasteiger partial charge < -0.3 is 5.32 Å². The molecule has 0 aromatic rings. The Balaban J connectivity index is 3.50. The van der Waals surface area contributed by atoms with E-state index in [0.717, 1.165) is 0 Å². The molecule has 6 heteroatoms. The first kappa shape index (κ1) is 9.63. The third-order valence-electron chi connectivity index (χ3n) is 0.473. The molecular formula is C3H3Cl4NO. The molecule has 0 aromatic heterocycles. The van der Waals surface area contributed by atoms with Crippen LogP contribution in [0.2, 0.25) is 0 Å². The largest absolute Gasteiger partial charge is 0.324 e. The topological polar surface area (TPSA) is 29.1 Å². The highest BCUT2D eigenvalue weighted by molar-refractivity contribution is 6.63. The van der Waals surface area contributed by atoms with Crippen molar-refractivity contribution in [2.24, 2.45) is 0 Å². The standard InChI is InChI=1S/C3H3Cl4NO/c4-1(5)2(6)8-3(7)9/h1-2H,(H,8,9). The summed E-state index contributed by atoms with van der Waals surface area (Å²) in [6.07, 6.45) is 0. The van der Waals surface area contributed by atoms with Crippen LogP contribution in [0.5, 0.6) is 0 Å². The van der Waals surface area contributed by atoms with Crippen molar-refractivity contribution in [1.29, 1.82) is 0 Å². The summed E-state index contributed by atoms with van der Waals surface area (Å²) in [7, 11) is 0. The van der Waals surface area contributed by atoms with E-state index in [2.05, 4.69) is 5.32 Å². The first-order valence-electron chi connectivity index (χ1n) is 1.92. The van der Waals surface area contributed by atoms with E-state index >= 15 is 0 Å². The molecule has 0 rings (SSSR count). The maximum atomic E-state index is 10.0. The van der Waals surface area contributed by atoms with Crippen LogP contribution in [0.15, 0.2) is 0 Å². The maximum absolute atomic E-state index is 10.0. The molecule has 1 N–H and O–H groups in total. The molecule has 0 spiro atoms. The third kappa shape index (κ3) is 5.09. The average molecular weight is 211 g/mol. The molecule has 0 saturated heterocycles. The number of carbonyl (C=O) groups is 1. The van der Waals surface area contributed by atoms with Gasteiger partial charge in [-0.15, -0.1) is 23.2 Å². The molecule has 1 amide bonds. The lowest BCUT2D eigenvalue weighted by atomic mass is 10.7. The van der Waals surface area contributed by atoms with E-state index in [-0.39, 0.29) is 0 Å². The quantitative estimate of drug-likeness (QED) is 0.423. The molecule has 0 bridgehead atoms. The molecule has 0 aromatic carbocycles. The molecule has 0 aliphatic rings. The zero-order valence-electron chi connectivity index (χ0n) is 4.07. The van der Waals surface area contributed by atoms with Gasteiger partial charge in [-0.05, 0) is 11.6 Å². The Morgan fingerprint density at radius 2 is 1.78 bits per heavy atom. The van der Waals surface area contributed by atoms with Gasteiger partial charge in [-0.3, -0.25) is 4.79 Å². The van der Waals surface area contributed by atoms with Gasteiger partial charge in [-0.25, -0.2) is 0 Å². The second-order valence-electron chi connectivity index (χ2n) is 1.15. The molecule has 0 radical (unpaired) electrons. The second-order valence-corrected chi connectivity index (χ2v) is 3.13. The van der Waals surface area contributed by atoms with Crippen molar-refractivity contribution in [2.45, 2.75) is 10.3 Å². The lowest BCUT2D eigenvalue weighted by Crippen LogP contribution is -2.30. The number of hydrogen-bond acceptors (Lipinski definition) is 1. The van der Waals surface area contributed by atoms with E-state index in [0.29, 0.717) is 0 Å². The predicted octanol–water partition coefficient (Wildman–Crippen LogP) is 2.30. The third-order valence-corrected chi connectivity index (χ3v) is 1.70. The fraction of sp³-hybridized carbons (Fsp3) is 0.667. The van der Waals surface area contributed by atoms with Gasteiger partial charge in [0.1, 0.15) is 10.3 Å². The minimum atomic E-state index is -0.852. The number of amides is 1. The van der Waals surface area contributed by atoms with E-state index in [9.17, 15) is 4.79 Å². The highest BCUT2D eigenvalue weighted by Crippen LogP contribution is 2.11. The van der Waals surface area contributed by atoms with Gasteiger partial charge in [0.25, 0.3) is 0 Å². The van der Waals surface area contributed by atoms with Gasteiger partial charge >= 0.3 is 5.37 Å². The van der Waals surface area contributed by atoms with Crippen molar-refractivity contribution in [3.8, 4) is 0 Å². The number of nitrogens with one attached hydrogen (secondary N) is 1. The Labute approximate surface area is 72.4 Å². The van der Waals surface area contributed by atoms with Crippen molar-refractivity contribution in [3.05, 3.63) is 0 Å². The Morgan fingerprint density at radius 1 is 1.33 bits per heavy atom. The van der Waals surface area contributed by atoms with E-state index in [1.54, 1.807) is 0 Å². The molecular weight excluding hydrogens is 208 g/mol. The van der Waals surface area contributed by atoms with E-state index in [4.69, 9.17) is 46.4 Å². The molecule has 0 aliphatic heterocycles. The van der Waals surface area contributed by atoms with Gasteiger partial charge in [0.05, 0.1) is 0 Å². The fourth-order valence-electron chi connectivity index (χ4n) is 0.171. The first-order chi connectivity index (χ1) is 4.04. The molecule has 0 aliphatic carbocycles. The highest BCUT2D eigenvalue weighted by Gasteiger charge is 2.14. The van der Waals surface area contributed by atoms with Gasteiger partial charge in [0.15, 0.2) is 0 Å². The van der Waals surface area contributed by atoms with Crippen LogP contribution in [-0.2, 0) is 0 Å².